The Balaban J connectivity index is 2.31. The number of nitrogen functional groups attached to an aromatic ring is 1. The van der Waals surface area contributed by atoms with Crippen LogP contribution in [0, 0.1) is 0 Å². The molecule has 18 heavy (non-hydrogen) atoms. The predicted molar refractivity (Wildman–Crippen MR) is 75.5 cm³/mol. The first kappa shape index (κ1) is 13.1. The van der Waals surface area contributed by atoms with E-state index in [-0.39, 0.29) is 0 Å². The van der Waals surface area contributed by atoms with Crippen LogP contribution >= 0.6 is 18.9 Å². The van der Waals surface area contributed by atoms with Gasteiger partial charge in [-0.05, 0) is 31.2 Å². The summed E-state index contributed by atoms with van der Waals surface area (Å²) in [7, 11) is -3.14. The van der Waals surface area contributed by atoms with Gasteiger partial charge in [0.15, 0.2) is 5.13 Å². The Bertz CT molecular complexity index is 542. The van der Waals surface area contributed by atoms with Gasteiger partial charge in [-0.15, -0.1) is 11.3 Å². The van der Waals surface area contributed by atoms with Crippen molar-refractivity contribution in [3.8, 4) is 0 Å². The molecule has 2 aromatic rings. The van der Waals surface area contributed by atoms with Crippen molar-refractivity contribution >= 4 is 35.0 Å². The van der Waals surface area contributed by atoms with Gasteiger partial charge in [0.1, 0.15) is 0 Å². The molecule has 1 aromatic heterocycles. The Morgan fingerprint density at radius 1 is 1.44 bits per heavy atom. The van der Waals surface area contributed by atoms with Gasteiger partial charge in [-0.2, -0.15) is 0 Å². The van der Waals surface area contributed by atoms with Crippen molar-refractivity contribution in [2.75, 3.05) is 17.4 Å². The molecule has 0 amide bonds. The maximum Gasteiger partial charge on any atom is 0.325 e. The number of benzene rings is 1. The first-order chi connectivity index (χ1) is 8.64. The van der Waals surface area contributed by atoms with E-state index in [0.717, 1.165) is 0 Å². The zero-order valence-electron chi connectivity index (χ0n) is 9.87. The van der Waals surface area contributed by atoms with E-state index in [1.54, 1.807) is 37.4 Å². The fraction of sp³-hybridized carbons (Fsp3) is 0.182. The molecule has 5 nitrogen and oxygen atoms in total. The molecule has 0 spiro atoms. The molecule has 0 unspecified atom stereocenters. The lowest BCUT2D eigenvalue weighted by atomic mass is 10.3. The molecular weight excluding hydrogens is 269 g/mol. The van der Waals surface area contributed by atoms with Gasteiger partial charge in [-0.3, -0.25) is 9.65 Å². The zero-order valence-corrected chi connectivity index (χ0v) is 11.6. The van der Waals surface area contributed by atoms with Crippen LogP contribution < -0.4 is 16.1 Å². The lowest BCUT2D eigenvalue weighted by molar-refractivity contribution is 0.344. The summed E-state index contributed by atoms with van der Waals surface area (Å²) in [6.45, 7) is 2.15. The first-order valence-electron chi connectivity index (χ1n) is 5.42. The molecule has 3 N–H and O–H groups in total. The van der Waals surface area contributed by atoms with E-state index in [9.17, 15) is 4.57 Å². The van der Waals surface area contributed by atoms with Gasteiger partial charge in [0, 0.05) is 17.3 Å². The summed E-state index contributed by atoms with van der Waals surface area (Å²) in [5, 5.41) is 5.83. The van der Waals surface area contributed by atoms with Crippen LogP contribution in [0.25, 0.3) is 0 Å². The van der Waals surface area contributed by atoms with Gasteiger partial charge < -0.3 is 10.3 Å². The zero-order chi connectivity index (χ0) is 13.0. The number of nitrogens with zero attached hydrogens (tertiary/aromatic N) is 1. The van der Waals surface area contributed by atoms with Crippen LogP contribution in [-0.2, 0) is 9.09 Å². The Morgan fingerprint density at radius 2 is 2.17 bits per heavy atom. The number of anilines is 2. The van der Waals surface area contributed by atoms with Gasteiger partial charge in [-0.25, -0.2) is 4.98 Å². The summed E-state index contributed by atoms with van der Waals surface area (Å²) in [4.78, 5) is 4.06. The molecule has 0 fully saturated rings. The molecule has 1 heterocycles. The number of hydrogen-bond acceptors (Lipinski definition) is 5. The summed E-state index contributed by atoms with van der Waals surface area (Å²) in [6, 6.07) is 6.80. The van der Waals surface area contributed by atoms with Crippen LogP contribution in [0.2, 0.25) is 0 Å². The molecular formula is C11H14N3O2PS. The molecule has 96 valence electrons. The second kappa shape index (κ2) is 5.52. The van der Waals surface area contributed by atoms with E-state index in [1.807, 2.05) is 5.38 Å². The van der Waals surface area contributed by atoms with Crippen LogP contribution in [0.3, 0.4) is 0 Å². The highest BCUT2D eigenvalue weighted by Gasteiger charge is 2.26. The molecule has 1 atom stereocenters. The van der Waals surface area contributed by atoms with Crippen molar-refractivity contribution in [1.82, 2.24) is 4.98 Å². The lowest BCUT2D eigenvalue weighted by Gasteiger charge is -2.18. The van der Waals surface area contributed by atoms with Gasteiger partial charge >= 0.3 is 7.52 Å². The smallest absolute Gasteiger partial charge is 0.325 e. The highest BCUT2D eigenvalue weighted by Crippen LogP contribution is 2.45. The molecule has 0 aliphatic carbocycles. The molecule has 7 heteroatoms. The molecule has 0 aliphatic heterocycles. The molecule has 0 saturated carbocycles. The third-order valence-corrected chi connectivity index (χ3v) is 5.16. The van der Waals surface area contributed by atoms with Crippen LogP contribution in [0.4, 0.5) is 10.8 Å². The molecule has 2 rings (SSSR count). The van der Waals surface area contributed by atoms with E-state index in [4.69, 9.17) is 10.3 Å². The van der Waals surface area contributed by atoms with E-state index in [0.29, 0.717) is 22.7 Å². The maximum absolute atomic E-state index is 12.8. The Hall–Kier alpha value is -1.36. The van der Waals surface area contributed by atoms with Crippen molar-refractivity contribution in [2.24, 2.45) is 0 Å². The Labute approximate surface area is 110 Å². The minimum atomic E-state index is -3.14. The predicted octanol–water partition coefficient (Wildman–Crippen LogP) is 2.69. The van der Waals surface area contributed by atoms with Crippen molar-refractivity contribution in [3.05, 3.63) is 35.8 Å². The van der Waals surface area contributed by atoms with Gasteiger partial charge in [0.05, 0.1) is 11.9 Å². The summed E-state index contributed by atoms with van der Waals surface area (Å²) >= 11 is 1.37. The third kappa shape index (κ3) is 2.90. The maximum atomic E-state index is 12.8. The lowest BCUT2D eigenvalue weighted by Crippen LogP contribution is -2.14. The summed E-state index contributed by atoms with van der Waals surface area (Å²) in [5.41, 5.74) is 6.24. The van der Waals surface area contributed by atoms with Crippen LogP contribution in [0.1, 0.15) is 6.92 Å². The second-order valence-corrected chi connectivity index (χ2v) is 6.51. The number of rotatable bonds is 5. The fourth-order valence-corrected chi connectivity index (χ4v) is 3.93. The summed E-state index contributed by atoms with van der Waals surface area (Å²) in [5.74, 6) is 0. The van der Waals surface area contributed by atoms with E-state index in [1.165, 1.54) is 11.3 Å². The number of nitrogens with one attached hydrogen (secondary N) is 1. The fourth-order valence-electron chi connectivity index (χ4n) is 1.43. The van der Waals surface area contributed by atoms with E-state index >= 15 is 0 Å². The topological polar surface area (TPSA) is 77.2 Å². The van der Waals surface area contributed by atoms with Crippen molar-refractivity contribution in [3.63, 3.8) is 0 Å². The quantitative estimate of drug-likeness (QED) is 0.651. The minimum Gasteiger partial charge on any atom is -0.399 e. The average Bonchev–Trinajstić information content (AvgIpc) is 2.82. The monoisotopic (exact) mass is 283 g/mol. The molecule has 0 aliphatic rings. The van der Waals surface area contributed by atoms with Crippen molar-refractivity contribution < 1.29 is 9.09 Å². The van der Waals surface area contributed by atoms with E-state index in [2.05, 4.69) is 10.1 Å². The van der Waals surface area contributed by atoms with Gasteiger partial charge in [0.2, 0.25) is 0 Å². The largest absolute Gasteiger partial charge is 0.399 e. The molecule has 0 radical (unpaired) electrons. The van der Waals surface area contributed by atoms with Crippen molar-refractivity contribution in [1.29, 1.82) is 0 Å². The van der Waals surface area contributed by atoms with Crippen LogP contribution in [-0.4, -0.2) is 11.6 Å². The standard InChI is InChI=1S/C11H14N3O2PS/c1-2-16-17(15,14-11-13-7-8-18-11)10-5-3-9(12)4-6-10/h3-8H,2,12H2,1H3,(H,13,14,15)/t17-/m0/s1. The van der Waals surface area contributed by atoms with Crippen LogP contribution in [0.5, 0.6) is 0 Å². The number of hydrogen-bond donors (Lipinski definition) is 2. The number of nitrogens with two attached hydrogens (primary N) is 1. The van der Waals surface area contributed by atoms with Crippen molar-refractivity contribution in [2.45, 2.75) is 6.92 Å². The molecule has 1 aromatic carbocycles. The van der Waals surface area contributed by atoms with Gasteiger partial charge in [-0.1, -0.05) is 0 Å². The summed E-state index contributed by atoms with van der Waals surface area (Å²) in [6.07, 6.45) is 1.65. The normalized spacial score (nSPS) is 14.1. The highest BCUT2D eigenvalue weighted by atomic mass is 32.1. The summed E-state index contributed by atoms with van der Waals surface area (Å²) < 4.78 is 18.2. The van der Waals surface area contributed by atoms with E-state index < -0.39 is 7.52 Å². The van der Waals surface area contributed by atoms with Crippen LogP contribution in [0.15, 0.2) is 35.8 Å². The van der Waals surface area contributed by atoms with Gasteiger partial charge in [0.25, 0.3) is 0 Å². The number of thiazole rings is 1. The third-order valence-electron chi connectivity index (χ3n) is 2.22. The first-order valence-corrected chi connectivity index (χ1v) is 7.93. The Kier molecular flexibility index (Phi) is 4.01. The number of aromatic nitrogens is 1. The highest BCUT2D eigenvalue weighted by molar-refractivity contribution is 7.68. The SMILES string of the molecule is CCO[P@](=O)(Nc1nccs1)c1ccc(N)cc1. The average molecular weight is 283 g/mol. The minimum absolute atomic E-state index is 0.347. The molecule has 0 bridgehead atoms. The second-order valence-electron chi connectivity index (χ2n) is 3.51. The Morgan fingerprint density at radius 3 is 2.72 bits per heavy atom. The molecule has 0 saturated heterocycles.